The summed E-state index contributed by atoms with van der Waals surface area (Å²) in [5, 5.41) is 6.98. The van der Waals surface area contributed by atoms with Gasteiger partial charge >= 0.3 is 6.03 Å². The lowest BCUT2D eigenvalue weighted by molar-refractivity contribution is 0.197. The van der Waals surface area contributed by atoms with Crippen LogP contribution in [0.1, 0.15) is 31.7 Å². The molecule has 3 aromatic rings. The van der Waals surface area contributed by atoms with Gasteiger partial charge in [0.15, 0.2) is 5.82 Å². The van der Waals surface area contributed by atoms with Crippen molar-refractivity contribution in [1.82, 2.24) is 25.0 Å². The molecule has 32 heavy (non-hydrogen) atoms. The van der Waals surface area contributed by atoms with E-state index in [1.807, 2.05) is 26.8 Å². The summed E-state index contributed by atoms with van der Waals surface area (Å²) in [6.07, 6.45) is 0.811. The van der Waals surface area contributed by atoms with Crippen molar-refractivity contribution in [2.24, 2.45) is 0 Å². The van der Waals surface area contributed by atoms with E-state index in [-0.39, 0.29) is 18.0 Å². The molecule has 0 radical (unpaired) electrons. The van der Waals surface area contributed by atoms with Gasteiger partial charge in [-0.3, -0.25) is 0 Å². The fraction of sp³-hybridized carbons (Fsp3) is 0.476. The van der Waals surface area contributed by atoms with Gasteiger partial charge in [-0.05, 0) is 33.3 Å². The van der Waals surface area contributed by atoms with Gasteiger partial charge in [0.25, 0.3) is 0 Å². The second-order valence-corrected chi connectivity index (χ2v) is 7.70. The van der Waals surface area contributed by atoms with Crippen molar-refractivity contribution < 1.29 is 14.1 Å². The minimum Gasteiger partial charge on any atom is -0.478 e. The maximum atomic E-state index is 13.0. The molecular formula is C21H28N8O3. The number of nitrogens with one attached hydrogen (secondary N) is 1. The number of piperazine rings is 1. The van der Waals surface area contributed by atoms with Crippen LogP contribution in [-0.4, -0.2) is 63.3 Å². The van der Waals surface area contributed by atoms with E-state index in [1.54, 1.807) is 11.0 Å². The van der Waals surface area contributed by atoms with Crippen LogP contribution in [0.15, 0.2) is 16.7 Å². The molecule has 4 rings (SSSR count). The Balaban J connectivity index is 1.50. The van der Waals surface area contributed by atoms with Gasteiger partial charge in [-0.1, -0.05) is 12.1 Å². The van der Waals surface area contributed by atoms with Crippen LogP contribution in [0.2, 0.25) is 0 Å². The molecule has 1 atom stereocenters. The SMILES string of the molecule is CCOc1ccc(NC(=O)N2CCN(c3nc(N)nc4c(C)noc34)[C@@H](CC)C2)c(C)n1. The van der Waals surface area contributed by atoms with Crippen LogP contribution in [0.25, 0.3) is 11.1 Å². The Bertz CT molecular complexity index is 1130. The van der Waals surface area contributed by atoms with Crippen molar-refractivity contribution in [3.63, 3.8) is 0 Å². The van der Waals surface area contributed by atoms with E-state index in [9.17, 15) is 4.79 Å². The monoisotopic (exact) mass is 440 g/mol. The number of aromatic nitrogens is 4. The third-order valence-corrected chi connectivity index (χ3v) is 5.59. The van der Waals surface area contributed by atoms with Crippen LogP contribution >= 0.6 is 0 Å². The van der Waals surface area contributed by atoms with Crippen molar-refractivity contribution in [3.8, 4) is 5.88 Å². The van der Waals surface area contributed by atoms with Crippen LogP contribution in [0, 0.1) is 13.8 Å². The zero-order valence-corrected chi connectivity index (χ0v) is 18.8. The predicted molar refractivity (Wildman–Crippen MR) is 121 cm³/mol. The lowest BCUT2D eigenvalue weighted by Gasteiger charge is -2.41. The van der Waals surface area contributed by atoms with E-state index >= 15 is 0 Å². The first-order valence-electron chi connectivity index (χ1n) is 10.7. The van der Waals surface area contributed by atoms with Crippen LogP contribution < -0.4 is 20.7 Å². The highest BCUT2D eigenvalue weighted by Gasteiger charge is 2.32. The van der Waals surface area contributed by atoms with E-state index in [1.165, 1.54) is 0 Å². The van der Waals surface area contributed by atoms with Crippen LogP contribution in [0.4, 0.5) is 22.2 Å². The van der Waals surface area contributed by atoms with Gasteiger partial charge in [0.05, 0.1) is 18.0 Å². The van der Waals surface area contributed by atoms with E-state index in [0.29, 0.717) is 66.1 Å². The molecule has 1 saturated heterocycles. The molecule has 1 fully saturated rings. The molecular weight excluding hydrogens is 412 g/mol. The molecule has 4 heterocycles. The smallest absolute Gasteiger partial charge is 0.322 e. The summed E-state index contributed by atoms with van der Waals surface area (Å²) in [5.41, 5.74) is 9.11. The largest absolute Gasteiger partial charge is 0.478 e. The van der Waals surface area contributed by atoms with E-state index in [4.69, 9.17) is 15.0 Å². The number of nitrogens with zero attached hydrogens (tertiary/aromatic N) is 6. The van der Waals surface area contributed by atoms with Gasteiger partial charge < -0.3 is 30.1 Å². The van der Waals surface area contributed by atoms with Gasteiger partial charge in [-0.25, -0.2) is 14.8 Å². The summed E-state index contributed by atoms with van der Waals surface area (Å²) in [5.74, 6) is 1.33. The fourth-order valence-corrected chi connectivity index (χ4v) is 3.90. The summed E-state index contributed by atoms with van der Waals surface area (Å²) in [6, 6.07) is 3.44. The number of carbonyl (C=O) groups is 1. The van der Waals surface area contributed by atoms with Crippen molar-refractivity contribution in [1.29, 1.82) is 0 Å². The topological polar surface area (TPSA) is 136 Å². The molecule has 0 spiro atoms. The number of hydrogen-bond acceptors (Lipinski definition) is 9. The highest BCUT2D eigenvalue weighted by atomic mass is 16.5. The summed E-state index contributed by atoms with van der Waals surface area (Å²) in [4.78, 5) is 29.9. The molecule has 11 nitrogen and oxygen atoms in total. The number of anilines is 3. The van der Waals surface area contributed by atoms with Gasteiger partial charge in [-0.15, -0.1) is 0 Å². The maximum absolute atomic E-state index is 13.0. The van der Waals surface area contributed by atoms with Crippen molar-refractivity contribution in [2.75, 3.05) is 42.2 Å². The molecule has 170 valence electrons. The van der Waals surface area contributed by atoms with Gasteiger partial charge in [0.2, 0.25) is 17.4 Å². The molecule has 3 N–H and O–H groups in total. The van der Waals surface area contributed by atoms with E-state index < -0.39 is 0 Å². The average molecular weight is 441 g/mol. The van der Waals surface area contributed by atoms with Crippen molar-refractivity contribution in [2.45, 2.75) is 40.2 Å². The number of aryl methyl sites for hydroxylation is 2. The average Bonchev–Trinajstić information content (AvgIpc) is 3.15. The number of nitrogen functional groups attached to an aromatic ring is 1. The third kappa shape index (κ3) is 4.10. The molecule has 2 amide bonds. The minimum absolute atomic E-state index is 0.0389. The third-order valence-electron chi connectivity index (χ3n) is 5.59. The maximum Gasteiger partial charge on any atom is 0.322 e. The minimum atomic E-state index is -0.167. The first-order valence-corrected chi connectivity index (χ1v) is 10.7. The number of pyridine rings is 1. The van der Waals surface area contributed by atoms with Crippen molar-refractivity contribution >= 4 is 34.6 Å². The molecule has 1 aliphatic rings. The molecule has 0 aromatic carbocycles. The van der Waals surface area contributed by atoms with Gasteiger partial charge in [0, 0.05) is 31.7 Å². The highest BCUT2D eigenvalue weighted by molar-refractivity contribution is 5.90. The molecule has 11 heteroatoms. The van der Waals surface area contributed by atoms with Crippen LogP contribution in [0.3, 0.4) is 0 Å². The summed E-state index contributed by atoms with van der Waals surface area (Å²) >= 11 is 0. The second kappa shape index (κ2) is 8.85. The van der Waals surface area contributed by atoms with Gasteiger partial charge in [0.1, 0.15) is 11.2 Å². The lowest BCUT2D eigenvalue weighted by Crippen LogP contribution is -2.56. The second-order valence-electron chi connectivity index (χ2n) is 7.70. The predicted octanol–water partition coefficient (Wildman–Crippen LogP) is 2.74. The Morgan fingerprint density at radius 1 is 1.22 bits per heavy atom. The van der Waals surface area contributed by atoms with Crippen LogP contribution in [-0.2, 0) is 0 Å². The Kier molecular flexibility index (Phi) is 5.97. The highest BCUT2D eigenvalue weighted by Crippen LogP contribution is 2.30. The first kappa shape index (κ1) is 21.6. The molecule has 1 aliphatic heterocycles. The van der Waals surface area contributed by atoms with Crippen LogP contribution in [0.5, 0.6) is 5.88 Å². The number of ether oxygens (including phenoxy) is 1. The molecule has 0 saturated carbocycles. The quantitative estimate of drug-likeness (QED) is 0.614. The number of fused-ring (bicyclic) bond motifs is 1. The normalized spacial score (nSPS) is 16.4. The standard InChI is InChI=1S/C21H28N8O3/c1-5-14-11-28(21(30)24-15-7-8-16(31-6-2)23-12(15)3)9-10-29(14)19-18-17(13(4)27-32-18)25-20(22)26-19/h7-8,14H,5-6,9-11H2,1-4H3,(H,24,30)(H2,22,25,26)/t14-/m0/s1. The molecule has 0 bridgehead atoms. The summed E-state index contributed by atoms with van der Waals surface area (Å²) in [7, 11) is 0. The zero-order valence-electron chi connectivity index (χ0n) is 18.8. The Morgan fingerprint density at radius 3 is 2.75 bits per heavy atom. The first-order chi connectivity index (χ1) is 15.4. The Hall–Kier alpha value is -3.63. The number of amides is 2. The number of nitrogens with two attached hydrogens (primary N) is 1. The number of rotatable bonds is 5. The van der Waals surface area contributed by atoms with Gasteiger partial charge in [-0.2, -0.15) is 4.98 Å². The Morgan fingerprint density at radius 2 is 2.03 bits per heavy atom. The summed E-state index contributed by atoms with van der Waals surface area (Å²) < 4.78 is 10.9. The fourth-order valence-electron chi connectivity index (χ4n) is 3.90. The van der Waals surface area contributed by atoms with Crippen molar-refractivity contribution in [3.05, 3.63) is 23.5 Å². The number of hydrogen-bond donors (Lipinski definition) is 2. The number of carbonyl (C=O) groups excluding carboxylic acids is 1. The number of urea groups is 1. The Labute approximate surface area is 185 Å². The van der Waals surface area contributed by atoms with E-state index in [2.05, 4.69) is 37.2 Å². The zero-order chi connectivity index (χ0) is 22.8. The molecule has 3 aromatic heterocycles. The van der Waals surface area contributed by atoms with E-state index in [0.717, 1.165) is 6.42 Å². The lowest BCUT2D eigenvalue weighted by atomic mass is 10.1. The molecule has 0 aliphatic carbocycles. The molecule has 0 unspecified atom stereocenters. The summed E-state index contributed by atoms with van der Waals surface area (Å²) in [6.45, 7) is 9.81.